The smallest absolute Gasteiger partial charge is 0.277 e. The molecule has 0 fully saturated rings. The molecule has 0 radical (unpaired) electrons. The molecule has 25 heavy (non-hydrogen) atoms. The molecule has 0 aliphatic heterocycles. The van der Waals surface area contributed by atoms with Gasteiger partial charge in [-0.15, -0.1) is 0 Å². The van der Waals surface area contributed by atoms with Crippen LogP contribution in [0.15, 0.2) is 47.6 Å². The zero-order chi connectivity index (χ0) is 18.4. The molecule has 4 heteroatoms. The quantitative estimate of drug-likeness (QED) is 0.658. The summed E-state index contributed by atoms with van der Waals surface area (Å²) in [6.07, 6.45) is 1.65. The first-order valence-corrected chi connectivity index (χ1v) is 8.38. The summed E-state index contributed by atoms with van der Waals surface area (Å²) in [5.41, 5.74) is 7.06. The van der Waals surface area contributed by atoms with E-state index in [1.807, 2.05) is 56.3 Å². The van der Waals surface area contributed by atoms with Crippen LogP contribution in [0.3, 0.4) is 0 Å². The summed E-state index contributed by atoms with van der Waals surface area (Å²) < 4.78 is 5.50. The Morgan fingerprint density at radius 2 is 1.80 bits per heavy atom. The fourth-order valence-corrected chi connectivity index (χ4v) is 2.31. The zero-order valence-corrected chi connectivity index (χ0v) is 15.6. The summed E-state index contributed by atoms with van der Waals surface area (Å²) in [7, 11) is 0. The van der Waals surface area contributed by atoms with Gasteiger partial charge >= 0.3 is 0 Å². The number of benzene rings is 2. The van der Waals surface area contributed by atoms with Crippen molar-refractivity contribution < 1.29 is 9.53 Å². The number of hydrogen-bond acceptors (Lipinski definition) is 3. The highest BCUT2D eigenvalue weighted by molar-refractivity contribution is 5.84. The van der Waals surface area contributed by atoms with Gasteiger partial charge in [0.2, 0.25) is 0 Å². The number of hydrazone groups is 1. The van der Waals surface area contributed by atoms with Gasteiger partial charge in [0.1, 0.15) is 5.75 Å². The number of ether oxygens (including phenoxy) is 1. The zero-order valence-electron chi connectivity index (χ0n) is 15.6. The molecule has 0 aliphatic carbocycles. The summed E-state index contributed by atoms with van der Waals surface area (Å²) in [6.45, 7) is 10.4. The molecule has 0 unspecified atom stereocenters. The lowest BCUT2D eigenvalue weighted by Gasteiger charge is -2.19. The van der Waals surface area contributed by atoms with Gasteiger partial charge in [-0.05, 0) is 48.1 Å². The lowest BCUT2D eigenvalue weighted by Crippen LogP contribution is -2.24. The maximum Gasteiger partial charge on any atom is 0.277 e. The minimum Gasteiger partial charge on any atom is -0.484 e. The second-order valence-corrected chi connectivity index (χ2v) is 7.22. The van der Waals surface area contributed by atoms with E-state index in [2.05, 4.69) is 31.3 Å². The standard InChI is InChI=1S/C21H26N2O2/c1-15-6-7-16(2)17(12-15)13-22-23-20(24)14-25-19-10-8-18(9-11-19)21(3,4)5/h6-13H,14H2,1-5H3,(H,23,24)/b22-13+. The van der Waals surface area contributed by atoms with Gasteiger partial charge in [0.15, 0.2) is 6.61 Å². The molecule has 0 atom stereocenters. The number of rotatable bonds is 5. The number of aryl methyl sites for hydroxylation is 2. The molecule has 0 aliphatic rings. The van der Waals surface area contributed by atoms with Crippen molar-refractivity contribution in [1.29, 1.82) is 0 Å². The van der Waals surface area contributed by atoms with Crippen LogP contribution in [0, 0.1) is 13.8 Å². The van der Waals surface area contributed by atoms with Crippen molar-refractivity contribution in [2.45, 2.75) is 40.0 Å². The first-order chi connectivity index (χ1) is 11.8. The van der Waals surface area contributed by atoms with Crippen LogP contribution in [0.25, 0.3) is 0 Å². The van der Waals surface area contributed by atoms with Gasteiger partial charge in [0.05, 0.1) is 6.21 Å². The molecule has 0 bridgehead atoms. The molecule has 2 aromatic carbocycles. The Morgan fingerprint density at radius 1 is 1.12 bits per heavy atom. The van der Waals surface area contributed by atoms with Crippen LogP contribution in [0.2, 0.25) is 0 Å². The average molecular weight is 338 g/mol. The molecular formula is C21H26N2O2. The van der Waals surface area contributed by atoms with E-state index in [0.29, 0.717) is 5.75 Å². The van der Waals surface area contributed by atoms with Gasteiger partial charge in [0.25, 0.3) is 5.91 Å². The fraction of sp³-hybridized carbons (Fsp3) is 0.333. The maximum absolute atomic E-state index is 11.8. The Kier molecular flexibility index (Phi) is 5.97. The third-order valence-electron chi connectivity index (χ3n) is 3.92. The second-order valence-electron chi connectivity index (χ2n) is 7.22. The maximum atomic E-state index is 11.8. The van der Waals surface area contributed by atoms with E-state index in [4.69, 9.17) is 4.74 Å². The Labute approximate surface area is 149 Å². The Morgan fingerprint density at radius 3 is 2.44 bits per heavy atom. The topological polar surface area (TPSA) is 50.7 Å². The molecule has 1 amide bonds. The molecule has 1 N–H and O–H groups in total. The molecule has 4 nitrogen and oxygen atoms in total. The summed E-state index contributed by atoms with van der Waals surface area (Å²) in [5.74, 6) is 0.378. The van der Waals surface area contributed by atoms with Gasteiger partial charge in [-0.3, -0.25) is 4.79 Å². The van der Waals surface area contributed by atoms with Gasteiger partial charge in [-0.2, -0.15) is 5.10 Å². The van der Waals surface area contributed by atoms with Crippen molar-refractivity contribution in [1.82, 2.24) is 5.43 Å². The number of amides is 1. The molecule has 0 aromatic heterocycles. The number of carbonyl (C=O) groups is 1. The van der Waals surface area contributed by atoms with Crippen molar-refractivity contribution in [2.24, 2.45) is 5.10 Å². The summed E-state index contributed by atoms with van der Waals surface area (Å²) >= 11 is 0. The van der Waals surface area contributed by atoms with Gasteiger partial charge in [-0.1, -0.05) is 56.7 Å². The van der Waals surface area contributed by atoms with E-state index in [-0.39, 0.29) is 17.9 Å². The van der Waals surface area contributed by atoms with Crippen molar-refractivity contribution in [3.63, 3.8) is 0 Å². The molecular weight excluding hydrogens is 312 g/mol. The van der Waals surface area contributed by atoms with Crippen LogP contribution in [0.1, 0.15) is 43.0 Å². The predicted molar refractivity (Wildman–Crippen MR) is 102 cm³/mol. The van der Waals surface area contributed by atoms with Gasteiger partial charge < -0.3 is 4.74 Å². The third kappa shape index (κ3) is 5.75. The normalized spacial score (nSPS) is 11.6. The third-order valence-corrected chi connectivity index (χ3v) is 3.92. The van der Waals surface area contributed by atoms with E-state index in [9.17, 15) is 4.79 Å². The monoisotopic (exact) mass is 338 g/mol. The number of carbonyl (C=O) groups excluding carboxylic acids is 1. The fourth-order valence-electron chi connectivity index (χ4n) is 2.31. The SMILES string of the molecule is Cc1ccc(C)c(/C=N/NC(=O)COc2ccc(C(C)(C)C)cc2)c1. The van der Waals surface area contributed by atoms with Crippen LogP contribution >= 0.6 is 0 Å². The number of nitrogens with zero attached hydrogens (tertiary/aromatic N) is 1. The number of nitrogens with one attached hydrogen (secondary N) is 1. The van der Waals surface area contributed by atoms with Gasteiger partial charge in [-0.25, -0.2) is 5.43 Å². The summed E-state index contributed by atoms with van der Waals surface area (Å²) in [4.78, 5) is 11.8. The van der Waals surface area contributed by atoms with E-state index in [0.717, 1.165) is 16.7 Å². The first-order valence-electron chi connectivity index (χ1n) is 8.38. The molecule has 0 saturated carbocycles. The lowest BCUT2D eigenvalue weighted by molar-refractivity contribution is -0.123. The van der Waals surface area contributed by atoms with E-state index in [1.54, 1.807) is 6.21 Å². The minimum atomic E-state index is -0.290. The van der Waals surface area contributed by atoms with Crippen LogP contribution in [0.5, 0.6) is 5.75 Å². The minimum absolute atomic E-state index is 0.0704. The van der Waals surface area contributed by atoms with Crippen molar-refractivity contribution >= 4 is 12.1 Å². The Hall–Kier alpha value is -2.62. The molecule has 0 spiro atoms. The van der Waals surface area contributed by atoms with Crippen molar-refractivity contribution in [3.05, 3.63) is 64.7 Å². The van der Waals surface area contributed by atoms with Gasteiger partial charge in [0, 0.05) is 0 Å². The second kappa shape index (κ2) is 7.97. The summed E-state index contributed by atoms with van der Waals surface area (Å²) in [5, 5.41) is 4.00. The number of hydrogen-bond donors (Lipinski definition) is 1. The van der Waals surface area contributed by atoms with Crippen LogP contribution in [-0.4, -0.2) is 18.7 Å². The van der Waals surface area contributed by atoms with Crippen LogP contribution in [-0.2, 0) is 10.2 Å². The average Bonchev–Trinajstić information content (AvgIpc) is 2.56. The van der Waals surface area contributed by atoms with Crippen molar-refractivity contribution in [2.75, 3.05) is 6.61 Å². The molecule has 2 rings (SSSR count). The first kappa shape index (κ1) is 18.7. The molecule has 2 aromatic rings. The van der Waals surface area contributed by atoms with E-state index in [1.165, 1.54) is 5.56 Å². The van der Waals surface area contributed by atoms with Crippen LogP contribution < -0.4 is 10.2 Å². The predicted octanol–water partition coefficient (Wildman–Crippen LogP) is 4.13. The highest BCUT2D eigenvalue weighted by Crippen LogP contribution is 2.24. The Bertz CT molecular complexity index is 756. The molecule has 0 saturated heterocycles. The highest BCUT2D eigenvalue weighted by atomic mass is 16.5. The Balaban J connectivity index is 1.84. The van der Waals surface area contributed by atoms with E-state index >= 15 is 0 Å². The van der Waals surface area contributed by atoms with Crippen LogP contribution in [0.4, 0.5) is 0 Å². The summed E-state index contributed by atoms with van der Waals surface area (Å²) in [6, 6.07) is 13.9. The molecule has 132 valence electrons. The molecule has 0 heterocycles. The van der Waals surface area contributed by atoms with Crippen molar-refractivity contribution in [3.8, 4) is 5.75 Å². The largest absolute Gasteiger partial charge is 0.484 e. The van der Waals surface area contributed by atoms with E-state index < -0.39 is 0 Å². The lowest BCUT2D eigenvalue weighted by atomic mass is 9.87. The highest BCUT2D eigenvalue weighted by Gasteiger charge is 2.13.